The number of carboxylic acids is 1. The van der Waals surface area contributed by atoms with Gasteiger partial charge in [-0.25, -0.2) is 0 Å². The molecule has 0 spiro atoms. The van der Waals surface area contributed by atoms with Crippen LogP contribution in [0.5, 0.6) is 0 Å². The second-order valence-corrected chi connectivity index (χ2v) is 12.3. The Morgan fingerprint density at radius 3 is 2.47 bits per heavy atom. The number of rotatable bonds is 13. The van der Waals surface area contributed by atoms with Crippen LogP contribution in [0.2, 0.25) is 5.02 Å². The Morgan fingerprint density at radius 2 is 1.92 bits per heavy atom. The molecule has 0 heterocycles. The van der Waals surface area contributed by atoms with Crippen LogP contribution in [0.15, 0.2) is 34.7 Å². The SMILES string of the molecule is C=NO/C(=C(\C[C@@H](CCC(=O)O)CC(=O)Nc1ccc(C)cc1Cl)C1CC1)C1CC(CC(C)(C)C)C1. The van der Waals surface area contributed by atoms with Gasteiger partial charge < -0.3 is 15.3 Å². The molecule has 2 aliphatic rings. The molecule has 1 aromatic carbocycles. The summed E-state index contributed by atoms with van der Waals surface area (Å²) in [6.45, 7) is 12.3. The van der Waals surface area contributed by atoms with E-state index in [1.807, 2.05) is 19.1 Å². The number of carbonyl (C=O) groups is 2. The van der Waals surface area contributed by atoms with E-state index in [4.69, 9.17) is 16.4 Å². The van der Waals surface area contributed by atoms with Crippen molar-refractivity contribution in [3.05, 3.63) is 40.1 Å². The number of allylic oxidation sites excluding steroid dienone is 2. The van der Waals surface area contributed by atoms with Crippen LogP contribution in [0, 0.1) is 36.0 Å². The van der Waals surface area contributed by atoms with E-state index < -0.39 is 5.97 Å². The third-order valence-corrected chi connectivity index (χ3v) is 7.52. The fourth-order valence-corrected chi connectivity index (χ4v) is 5.73. The monoisotopic (exact) mass is 516 g/mol. The van der Waals surface area contributed by atoms with Crippen LogP contribution < -0.4 is 5.32 Å². The van der Waals surface area contributed by atoms with Crippen LogP contribution in [-0.2, 0) is 14.4 Å². The average Bonchev–Trinajstić information content (AvgIpc) is 3.58. The van der Waals surface area contributed by atoms with E-state index in [-0.39, 0.29) is 24.7 Å². The number of amides is 1. The third kappa shape index (κ3) is 8.65. The van der Waals surface area contributed by atoms with Gasteiger partial charge in [0.25, 0.3) is 0 Å². The third-order valence-electron chi connectivity index (χ3n) is 7.20. The van der Waals surface area contributed by atoms with Crippen molar-refractivity contribution in [2.24, 2.45) is 34.2 Å². The first-order valence-corrected chi connectivity index (χ1v) is 13.5. The molecule has 36 heavy (non-hydrogen) atoms. The summed E-state index contributed by atoms with van der Waals surface area (Å²) in [4.78, 5) is 30.1. The standard InChI is InChI=1S/C29H41ClN2O4/c1-18-6-10-25(24(30)12-18)32-26(33)16-19(7-11-27(34)35)15-23(21-8-9-21)28(36-31-5)22-13-20(14-22)17-29(2,3)4/h6,10,12,19-22H,5,7-9,11,13-17H2,1-4H3,(H,32,33)(H,34,35)/b28-23+/t19-,20?,22?/m1/s1. The molecule has 1 aromatic rings. The van der Waals surface area contributed by atoms with Gasteiger partial charge in [-0.15, -0.1) is 0 Å². The average molecular weight is 517 g/mol. The molecular weight excluding hydrogens is 476 g/mol. The van der Waals surface area contributed by atoms with Gasteiger partial charge in [0.05, 0.1) is 10.7 Å². The number of anilines is 1. The van der Waals surface area contributed by atoms with Gasteiger partial charge in [-0.3, -0.25) is 9.59 Å². The van der Waals surface area contributed by atoms with Crippen LogP contribution in [0.3, 0.4) is 0 Å². The van der Waals surface area contributed by atoms with Crippen molar-refractivity contribution in [3.8, 4) is 0 Å². The number of nitrogens with one attached hydrogen (secondary N) is 1. The topological polar surface area (TPSA) is 88.0 Å². The Hall–Kier alpha value is -2.34. The number of benzene rings is 1. The summed E-state index contributed by atoms with van der Waals surface area (Å²) in [6, 6.07) is 5.50. The van der Waals surface area contributed by atoms with E-state index in [2.05, 4.69) is 38.0 Å². The molecule has 6 nitrogen and oxygen atoms in total. The minimum absolute atomic E-state index is 0.0220. The van der Waals surface area contributed by atoms with Crippen LogP contribution >= 0.6 is 11.6 Å². The molecule has 198 valence electrons. The summed E-state index contributed by atoms with van der Waals surface area (Å²) in [5.41, 5.74) is 3.09. The van der Waals surface area contributed by atoms with Gasteiger partial charge in [-0.05, 0) is 98.3 Å². The van der Waals surface area contributed by atoms with E-state index in [0.29, 0.717) is 46.7 Å². The summed E-state index contributed by atoms with van der Waals surface area (Å²) in [6.07, 6.45) is 6.82. The Kier molecular flexibility index (Phi) is 9.62. The first-order valence-electron chi connectivity index (χ1n) is 13.1. The Morgan fingerprint density at radius 1 is 1.22 bits per heavy atom. The number of aliphatic carboxylic acids is 1. The molecule has 2 fully saturated rings. The van der Waals surface area contributed by atoms with Gasteiger partial charge >= 0.3 is 5.97 Å². The molecular formula is C29H41ClN2O4. The van der Waals surface area contributed by atoms with E-state index in [0.717, 1.165) is 37.0 Å². The predicted octanol–water partition coefficient (Wildman–Crippen LogP) is 7.61. The van der Waals surface area contributed by atoms with Gasteiger partial charge in [0.2, 0.25) is 5.91 Å². The molecule has 7 heteroatoms. The second kappa shape index (κ2) is 12.3. The Labute approximate surface area is 220 Å². The lowest BCUT2D eigenvalue weighted by Gasteiger charge is -2.40. The highest BCUT2D eigenvalue weighted by atomic mass is 35.5. The zero-order valence-corrected chi connectivity index (χ0v) is 22.9. The summed E-state index contributed by atoms with van der Waals surface area (Å²) in [7, 11) is 0. The molecule has 2 aliphatic carbocycles. The minimum atomic E-state index is -0.854. The predicted molar refractivity (Wildman–Crippen MR) is 145 cm³/mol. The number of oxime groups is 1. The molecule has 1 amide bonds. The van der Waals surface area contributed by atoms with E-state index in [1.54, 1.807) is 6.07 Å². The van der Waals surface area contributed by atoms with Gasteiger partial charge in [-0.1, -0.05) is 43.6 Å². The number of hydrogen-bond acceptors (Lipinski definition) is 4. The number of hydrogen-bond donors (Lipinski definition) is 2. The highest BCUT2D eigenvalue weighted by Gasteiger charge is 2.40. The molecule has 3 rings (SSSR count). The molecule has 2 saturated carbocycles. The van der Waals surface area contributed by atoms with Crippen LogP contribution in [0.25, 0.3) is 0 Å². The number of halogens is 1. The maximum atomic E-state index is 13.0. The van der Waals surface area contributed by atoms with Crippen LogP contribution in [-0.4, -0.2) is 23.7 Å². The van der Waals surface area contributed by atoms with Crippen molar-refractivity contribution in [1.82, 2.24) is 0 Å². The van der Waals surface area contributed by atoms with Crippen LogP contribution in [0.1, 0.15) is 84.1 Å². The quantitative estimate of drug-likeness (QED) is 0.160. The summed E-state index contributed by atoms with van der Waals surface area (Å²) in [5.74, 6) is 1.20. The molecule has 1 atom stereocenters. The normalized spacial score (nSPS) is 21.1. The molecule has 0 unspecified atom stereocenters. The lowest BCUT2D eigenvalue weighted by atomic mass is 9.67. The summed E-state index contributed by atoms with van der Waals surface area (Å²) < 4.78 is 0. The first kappa shape index (κ1) is 28.2. The van der Waals surface area contributed by atoms with Crippen molar-refractivity contribution in [3.63, 3.8) is 0 Å². The number of carbonyl (C=O) groups excluding carboxylic acids is 1. The zero-order chi connectivity index (χ0) is 26.5. The highest BCUT2D eigenvalue weighted by Crippen LogP contribution is 2.50. The van der Waals surface area contributed by atoms with Crippen LogP contribution in [0.4, 0.5) is 5.69 Å². The maximum Gasteiger partial charge on any atom is 0.303 e. The lowest BCUT2D eigenvalue weighted by molar-refractivity contribution is -0.137. The van der Waals surface area contributed by atoms with Gasteiger partial charge in [0.1, 0.15) is 5.76 Å². The maximum absolute atomic E-state index is 13.0. The number of aryl methyl sites for hydroxylation is 1. The fourth-order valence-electron chi connectivity index (χ4n) is 5.45. The van der Waals surface area contributed by atoms with Gasteiger partial charge in [0.15, 0.2) is 0 Å². The van der Waals surface area contributed by atoms with Crippen molar-refractivity contribution >= 4 is 35.9 Å². The molecule has 0 aromatic heterocycles. The highest BCUT2D eigenvalue weighted by molar-refractivity contribution is 6.33. The largest absolute Gasteiger partial charge is 0.481 e. The van der Waals surface area contributed by atoms with Gasteiger partial charge in [0, 0.05) is 25.5 Å². The van der Waals surface area contributed by atoms with E-state index in [9.17, 15) is 14.7 Å². The molecule has 0 aliphatic heterocycles. The van der Waals surface area contributed by atoms with Crippen molar-refractivity contribution in [1.29, 1.82) is 0 Å². The van der Waals surface area contributed by atoms with Crippen molar-refractivity contribution < 1.29 is 19.5 Å². The van der Waals surface area contributed by atoms with E-state index in [1.165, 1.54) is 12.0 Å². The lowest BCUT2D eigenvalue weighted by Crippen LogP contribution is -2.30. The molecule has 0 radical (unpaired) electrons. The molecule has 2 N–H and O–H groups in total. The smallest absolute Gasteiger partial charge is 0.303 e. The molecule has 0 saturated heterocycles. The summed E-state index contributed by atoms with van der Waals surface area (Å²) in [5, 5.41) is 16.5. The fraction of sp³-hybridized carbons (Fsp3) is 0.621. The number of nitrogens with zero attached hydrogens (tertiary/aromatic N) is 1. The summed E-state index contributed by atoms with van der Waals surface area (Å²) >= 11 is 6.30. The first-order chi connectivity index (χ1) is 16.9. The van der Waals surface area contributed by atoms with Crippen molar-refractivity contribution in [2.75, 3.05) is 5.32 Å². The van der Waals surface area contributed by atoms with Gasteiger partial charge in [-0.2, -0.15) is 0 Å². The molecule has 0 bridgehead atoms. The second-order valence-electron chi connectivity index (χ2n) is 11.9. The minimum Gasteiger partial charge on any atom is -0.481 e. The zero-order valence-electron chi connectivity index (χ0n) is 22.1. The van der Waals surface area contributed by atoms with Crippen molar-refractivity contribution in [2.45, 2.75) is 85.5 Å². The number of carboxylic acid groups (broad SMARTS) is 1. The van der Waals surface area contributed by atoms with E-state index >= 15 is 0 Å². The Balaban J connectivity index is 1.75. The Bertz CT molecular complexity index is 987.